The molecular weight excluding hydrogens is 282 g/mol. The van der Waals surface area contributed by atoms with Gasteiger partial charge in [-0.15, -0.1) is 0 Å². The summed E-state index contributed by atoms with van der Waals surface area (Å²) in [5.41, 5.74) is 3.34. The highest BCUT2D eigenvalue weighted by Gasteiger charge is 2.13. The van der Waals surface area contributed by atoms with E-state index in [1.165, 1.54) is 0 Å². The maximum absolute atomic E-state index is 11.1. The molecule has 1 aromatic carbocycles. The lowest BCUT2D eigenvalue weighted by molar-refractivity contribution is 0.0688. The van der Waals surface area contributed by atoms with Crippen molar-refractivity contribution in [1.82, 2.24) is 4.57 Å². The van der Waals surface area contributed by atoms with Crippen molar-refractivity contribution in [3.8, 4) is 5.69 Å². The quantitative estimate of drug-likeness (QED) is 0.920. The van der Waals surface area contributed by atoms with Crippen molar-refractivity contribution >= 4 is 21.9 Å². The first-order chi connectivity index (χ1) is 7.97. The van der Waals surface area contributed by atoms with Gasteiger partial charge in [0.2, 0.25) is 0 Å². The Hall–Kier alpha value is -1.55. The first-order valence-electron chi connectivity index (χ1n) is 5.17. The molecule has 17 heavy (non-hydrogen) atoms. The summed E-state index contributed by atoms with van der Waals surface area (Å²) in [7, 11) is 0. The van der Waals surface area contributed by atoms with Crippen LogP contribution in [-0.2, 0) is 0 Å². The van der Waals surface area contributed by atoms with Crippen LogP contribution in [0.25, 0.3) is 5.69 Å². The predicted molar refractivity (Wildman–Crippen MR) is 69.9 cm³/mol. The average molecular weight is 294 g/mol. The molecule has 2 rings (SSSR count). The van der Waals surface area contributed by atoms with Crippen LogP contribution in [0, 0.1) is 13.8 Å². The van der Waals surface area contributed by atoms with E-state index < -0.39 is 5.97 Å². The van der Waals surface area contributed by atoms with Gasteiger partial charge in [-0.3, -0.25) is 0 Å². The van der Waals surface area contributed by atoms with E-state index in [-0.39, 0.29) is 5.69 Å². The van der Waals surface area contributed by atoms with Crippen molar-refractivity contribution in [2.45, 2.75) is 13.8 Å². The smallest absolute Gasteiger partial charge is 0.352 e. The number of aromatic carboxylic acids is 1. The van der Waals surface area contributed by atoms with Gasteiger partial charge in [-0.1, -0.05) is 6.07 Å². The molecular formula is C13H12BrNO2. The van der Waals surface area contributed by atoms with Gasteiger partial charge in [0.1, 0.15) is 5.69 Å². The number of halogens is 1. The fourth-order valence-electron chi connectivity index (χ4n) is 1.90. The third kappa shape index (κ3) is 2.42. The summed E-state index contributed by atoms with van der Waals surface area (Å²) in [4.78, 5) is 11.1. The van der Waals surface area contributed by atoms with Crippen LogP contribution in [-0.4, -0.2) is 15.6 Å². The minimum absolute atomic E-state index is 0.252. The number of rotatable bonds is 2. The van der Waals surface area contributed by atoms with E-state index in [0.717, 1.165) is 21.3 Å². The van der Waals surface area contributed by atoms with Gasteiger partial charge in [0.15, 0.2) is 0 Å². The van der Waals surface area contributed by atoms with E-state index in [1.807, 2.05) is 26.0 Å². The Bertz CT molecular complexity index is 567. The molecule has 0 saturated carbocycles. The Labute approximate surface area is 108 Å². The van der Waals surface area contributed by atoms with Crippen molar-refractivity contribution in [3.05, 3.63) is 51.8 Å². The van der Waals surface area contributed by atoms with Gasteiger partial charge in [0, 0.05) is 16.4 Å². The van der Waals surface area contributed by atoms with Gasteiger partial charge in [0.05, 0.1) is 0 Å². The van der Waals surface area contributed by atoms with Crippen LogP contribution in [0.15, 0.2) is 34.9 Å². The molecule has 88 valence electrons. The molecule has 0 amide bonds. The Balaban J connectivity index is 2.63. The molecule has 1 heterocycles. The molecule has 1 N–H and O–H groups in total. The molecule has 1 aromatic heterocycles. The summed E-state index contributed by atoms with van der Waals surface area (Å²) in [5.74, 6) is -0.935. The van der Waals surface area contributed by atoms with E-state index in [1.54, 1.807) is 16.8 Å². The predicted octanol–water partition coefficient (Wildman–Crippen LogP) is 3.55. The van der Waals surface area contributed by atoms with Crippen molar-refractivity contribution in [3.63, 3.8) is 0 Å². The van der Waals surface area contributed by atoms with Crippen LogP contribution in [0.5, 0.6) is 0 Å². The number of hydrogen-bond donors (Lipinski definition) is 1. The SMILES string of the molecule is Cc1cc(C)cc(-n2cc(Br)cc2C(=O)O)c1. The molecule has 0 spiro atoms. The second-order valence-electron chi connectivity index (χ2n) is 4.06. The lowest BCUT2D eigenvalue weighted by Crippen LogP contribution is -2.05. The van der Waals surface area contributed by atoms with Crippen molar-refractivity contribution < 1.29 is 9.90 Å². The number of aryl methyl sites for hydroxylation is 2. The van der Waals surface area contributed by atoms with Crippen LogP contribution < -0.4 is 0 Å². The van der Waals surface area contributed by atoms with E-state index in [4.69, 9.17) is 5.11 Å². The van der Waals surface area contributed by atoms with E-state index in [0.29, 0.717) is 0 Å². The van der Waals surface area contributed by atoms with Crippen molar-refractivity contribution in [2.75, 3.05) is 0 Å². The highest BCUT2D eigenvalue weighted by atomic mass is 79.9. The van der Waals surface area contributed by atoms with Gasteiger partial charge in [-0.05, 0) is 59.1 Å². The van der Waals surface area contributed by atoms with Crippen molar-refractivity contribution in [1.29, 1.82) is 0 Å². The molecule has 0 aliphatic heterocycles. The molecule has 0 bridgehead atoms. The summed E-state index contributed by atoms with van der Waals surface area (Å²) in [6, 6.07) is 7.58. The lowest BCUT2D eigenvalue weighted by atomic mass is 10.1. The van der Waals surface area contributed by atoms with Gasteiger partial charge in [-0.2, -0.15) is 0 Å². The number of nitrogens with zero attached hydrogens (tertiary/aromatic N) is 1. The lowest BCUT2D eigenvalue weighted by Gasteiger charge is -2.08. The highest BCUT2D eigenvalue weighted by molar-refractivity contribution is 9.10. The van der Waals surface area contributed by atoms with Crippen LogP contribution in [0.3, 0.4) is 0 Å². The molecule has 0 saturated heterocycles. The molecule has 2 aromatic rings. The molecule has 0 aliphatic rings. The van der Waals surface area contributed by atoms with Gasteiger partial charge in [0.25, 0.3) is 0 Å². The maximum atomic E-state index is 11.1. The Kier molecular flexibility index (Phi) is 3.07. The minimum atomic E-state index is -0.935. The van der Waals surface area contributed by atoms with Gasteiger partial charge >= 0.3 is 5.97 Å². The first-order valence-corrected chi connectivity index (χ1v) is 5.96. The molecule has 0 aliphatic carbocycles. The third-order valence-electron chi connectivity index (χ3n) is 2.49. The van der Waals surface area contributed by atoms with E-state index in [2.05, 4.69) is 22.0 Å². The summed E-state index contributed by atoms with van der Waals surface area (Å²) < 4.78 is 2.43. The number of carboxylic acids is 1. The Morgan fingerprint density at radius 1 is 1.18 bits per heavy atom. The number of benzene rings is 1. The van der Waals surface area contributed by atoms with Crippen LogP contribution >= 0.6 is 15.9 Å². The summed E-state index contributed by atoms with van der Waals surface area (Å²) in [6.07, 6.45) is 1.76. The standard InChI is InChI=1S/C13H12BrNO2/c1-8-3-9(2)5-11(4-8)15-7-10(14)6-12(15)13(16)17/h3-7H,1-2H3,(H,16,17). The monoisotopic (exact) mass is 293 g/mol. The highest BCUT2D eigenvalue weighted by Crippen LogP contribution is 2.21. The van der Waals surface area contributed by atoms with Gasteiger partial charge in [-0.25, -0.2) is 4.79 Å². The summed E-state index contributed by atoms with van der Waals surface area (Å²) in [5, 5.41) is 9.14. The zero-order valence-corrected chi connectivity index (χ0v) is 11.2. The van der Waals surface area contributed by atoms with E-state index in [9.17, 15) is 4.79 Å². The largest absolute Gasteiger partial charge is 0.477 e. The first kappa shape index (κ1) is 11.9. The fraction of sp³-hybridized carbons (Fsp3) is 0.154. The molecule has 0 unspecified atom stereocenters. The summed E-state index contributed by atoms with van der Waals surface area (Å²) >= 11 is 3.30. The third-order valence-corrected chi connectivity index (χ3v) is 2.92. The molecule has 4 heteroatoms. The van der Waals surface area contributed by atoms with Crippen molar-refractivity contribution in [2.24, 2.45) is 0 Å². The second-order valence-corrected chi connectivity index (χ2v) is 4.98. The fourth-order valence-corrected chi connectivity index (χ4v) is 2.32. The number of carboxylic acid groups (broad SMARTS) is 1. The number of hydrogen-bond acceptors (Lipinski definition) is 1. The second kappa shape index (κ2) is 4.37. The normalized spacial score (nSPS) is 10.5. The molecule has 0 atom stereocenters. The number of aromatic nitrogens is 1. The molecule has 0 fully saturated rings. The minimum Gasteiger partial charge on any atom is -0.477 e. The molecule has 0 radical (unpaired) electrons. The molecule has 3 nitrogen and oxygen atoms in total. The van der Waals surface area contributed by atoms with Crippen LogP contribution in [0.4, 0.5) is 0 Å². The topological polar surface area (TPSA) is 42.2 Å². The zero-order chi connectivity index (χ0) is 12.6. The average Bonchev–Trinajstić information content (AvgIpc) is 2.59. The number of carbonyl (C=O) groups is 1. The van der Waals surface area contributed by atoms with Crippen LogP contribution in [0.2, 0.25) is 0 Å². The zero-order valence-electron chi connectivity index (χ0n) is 9.57. The van der Waals surface area contributed by atoms with Gasteiger partial charge < -0.3 is 9.67 Å². The van der Waals surface area contributed by atoms with E-state index >= 15 is 0 Å². The Morgan fingerprint density at radius 2 is 1.76 bits per heavy atom. The van der Waals surface area contributed by atoms with Crippen LogP contribution in [0.1, 0.15) is 21.6 Å². The Morgan fingerprint density at radius 3 is 2.29 bits per heavy atom. The summed E-state index contributed by atoms with van der Waals surface area (Å²) in [6.45, 7) is 3.99. The maximum Gasteiger partial charge on any atom is 0.352 e.